The molecule has 1 nitrogen and oxygen atoms in total. The van der Waals surface area contributed by atoms with Gasteiger partial charge in [0.15, 0.2) is 5.78 Å². The predicted octanol–water partition coefficient (Wildman–Crippen LogP) is 3.01. The topological polar surface area (TPSA) is 17.1 Å². The third kappa shape index (κ3) is 1.59. The molecule has 2 rings (SSSR count). The summed E-state index contributed by atoms with van der Waals surface area (Å²) in [6.45, 7) is 3.94. The highest BCUT2D eigenvalue weighted by molar-refractivity contribution is 5.95. The average Bonchev–Trinajstić information content (AvgIpc) is 2.16. The Labute approximate surface area is 85.1 Å². The van der Waals surface area contributed by atoms with Crippen LogP contribution in [0.25, 0.3) is 0 Å². The Morgan fingerprint density at radius 3 is 2.93 bits per heavy atom. The molecule has 0 saturated carbocycles. The minimum Gasteiger partial charge on any atom is -0.295 e. The zero-order chi connectivity index (χ0) is 10.1. The van der Waals surface area contributed by atoms with E-state index < -0.39 is 0 Å². The van der Waals surface area contributed by atoms with E-state index in [1.807, 2.05) is 12.1 Å². The van der Waals surface area contributed by atoms with Crippen molar-refractivity contribution in [3.05, 3.63) is 34.9 Å². The number of benzene rings is 1. The molecule has 0 saturated heterocycles. The lowest BCUT2D eigenvalue weighted by Gasteiger charge is -2.23. The molecule has 1 aliphatic carbocycles. The number of carbonyl (C=O) groups is 1. The second-order valence-corrected chi connectivity index (χ2v) is 4.35. The lowest BCUT2D eigenvalue weighted by molar-refractivity contribution is 0.101. The van der Waals surface area contributed by atoms with Crippen LogP contribution < -0.4 is 0 Å². The van der Waals surface area contributed by atoms with Crippen molar-refractivity contribution in [2.45, 2.75) is 33.1 Å². The van der Waals surface area contributed by atoms with Gasteiger partial charge in [0.05, 0.1) is 0 Å². The van der Waals surface area contributed by atoms with Crippen LogP contribution in [-0.2, 0) is 12.8 Å². The monoisotopic (exact) mass is 188 g/mol. The molecule has 0 spiro atoms. The summed E-state index contributed by atoms with van der Waals surface area (Å²) in [4.78, 5) is 11.4. The first-order chi connectivity index (χ1) is 6.68. The highest BCUT2D eigenvalue weighted by atomic mass is 16.1. The Morgan fingerprint density at radius 1 is 1.43 bits per heavy atom. The Bertz CT molecular complexity index is 365. The van der Waals surface area contributed by atoms with Crippen LogP contribution in [-0.4, -0.2) is 5.78 Å². The number of Topliss-reactive ketones (excluding diaryl/α,β-unsaturated/α-hetero) is 1. The summed E-state index contributed by atoms with van der Waals surface area (Å²) in [5.74, 6) is 0.973. The SMILES string of the molecule is CC(=O)c1cccc2c1CCC(C)C2. The number of carbonyl (C=O) groups excluding carboxylic acids is 1. The Kier molecular flexibility index (Phi) is 2.40. The Balaban J connectivity index is 2.46. The van der Waals surface area contributed by atoms with Crippen molar-refractivity contribution in [1.82, 2.24) is 0 Å². The van der Waals surface area contributed by atoms with E-state index in [0.29, 0.717) is 0 Å². The van der Waals surface area contributed by atoms with Gasteiger partial charge in [-0.1, -0.05) is 25.1 Å². The van der Waals surface area contributed by atoms with Crippen LogP contribution in [0.3, 0.4) is 0 Å². The molecule has 0 radical (unpaired) electrons. The normalized spacial score (nSPS) is 20.3. The number of ketones is 1. The van der Waals surface area contributed by atoms with Crippen molar-refractivity contribution in [1.29, 1.82) is 0 Å². The molecule has 0 bridgehead atoms. The second-order valence-electron chi connectivity index (χ2n) is 4.35. The molecule has 0 N–H and O–H groups in total. The second kappa shape index (κ2) is 3.56. The molecule has 1 aliphatic rings. The van der Waals surface area contributed by atoms with Crippen molar-refractivity contribution in [2.24, 2.45) is 5.92 Å². The van der Waals surface area contributed by atoms with E-state index in [0.717, 1.165) is 24.3 Å². The molecule has 14 heavy (non-hydrogen) atoms. The number of rotatable bonds is 1. The van der Waals surface area contributed by atoms with E-state index in [4.69, 9.17) is 0 Å². The summed E-state index contributed by atoms with van der Waals surface area (Å²) in [5, 5.41) is 0. The first kappa shape index (κ1) is 9.45. The zero-order valence-electron chi connectivity index (χ0n) is 8.84. The van der Waals surface area contributed by atoms with E-state index in [1.165, 1.54) is 17.5 Å². The van der Waals surface area contributed by atoms with Gasteiger partial charge in [-0.2, -0.15) is 0 Å². The van der Waals surface area contributed by atoms with Gasteiger partial charge < -0.3 is 0 Å². The van der Waals surface area contributed by atoms with Gasteiger partial charge >= 0.3 is 0 Å². The van der Waals surface area contributed by atoms with Crippen molar-refractivity contribution in [3.63, 3.8) is 0 Å². The summed E-state index contributed by atoms with van der Waals surface area (Å²) in [5.41, 5.74) is 3.63. The van der Waals surface area contributed by atoms with E-state index in [1.54, 1.807) is 6.92 Å². The van der Waals surface area contributed by atoms with Gasteiger partial charge in [0.2, 0.25) is 0 Å². The molecule has 1 unspecified atom stereocenters. The third-order valence-corrected chi connectivity index (χ3v) is 3.11. The molecule has 1 aromatic carbocycles. The summed E-state index contributed by atoms with van der Waals surface area (Å²) in [7, 11) is 0. The van der Waals surface area contributed by atoms with E-state index >= 15 is 0 Å². The smallest absolute Gasteiger partial charge is 0.160 e. The summed E-state index contributed by atoms with van der Waals surface area (Å²) in [6, 6.07) is 6.13. The van der Waals surface area contributed by atoms with E-state index in [9.17, 15) is 4.79 Å². The molecule has 0 heterocycles. The van der Waals surface area contributed by atoms with Crippen LogP contribution in [0.4, 0.5) is 0 Å². The fraction of sp³-hybridized carbons (Fsp3) is 0.462. The zero-order valence-corrected chi connectivity index (χ0v) is 8.84. The Hall–Kier alpha value is -1.11. The molecule has 1 atom stereocenters. The lowest BCUT2D eigenvalue weighted by atomic mass is 9.82. The van der Waals surface area contributed by atoms with E-state index in [-0.39, 0.29) is 5.78 Å². The molecule has 1 heteroatoms. The molecule has 0 amide bonds. The first-order valence-electron chi connectivity index (χ1n) is 5.30. The summed E-state index contributed by atoms with van der Waals surface area (Å²) in [6.07, 6.45) is 3.43. The minimum absolute atomic E-state index is 0.205. The van der Waals surface area contributed by atoms with Crippen molar-refractivity contribution < 1.29 is 4.79 Å². The number of hydrogen-bond donors (Lipinski definition) is 0. The van der Waals surface area contributed by atoms with Crippen LogP contribution in [0, 0.1) is 5.92 Å². The molecular formula is C13H16O. The van der Waals surface area contributed by atoms with Gasteiger partial charge in [0.25, 0.3) is 0 Å². The molecular weight excluding hydrogens is 172 g/mol. The third-order valence-electron chi connectivity index (χ3n) is 3.11. The van der Waals surface area contributed by atoms with Gasteiger partial charge in [0, 0.05) is 5.56 Å². The number of hydrogen-bond acceptors (Lipinski definition) is 1. The highest BCUT2D eigenvalue weighted by Gasteiger charge is 2.18. The maximum absolute atomic E-state index is 11.4. The predicted molar refractivity (Wildman–Crippen MR) is 57.6 cm³/mol. The van der Waals surface area contributed by atoms with Gasteiger partial charge in [0.1, 0.15) is 0 Å². The lowest BCUT2D eigenvalue weighted by Crippen LogP contribution is -2.14. The van der Waals surface area contributed by atoms with Crippen LogP contribution in [0.15, 0.2) is 18.2 Å². The quantitative estimate of drug-likeness (QED) is 0.619. The maximum Gasteiger partial charge on any atom is 0.160 e. The highest BCUT2D eigenvalue weighted by Crippen LogP contribution is 2.27. The molecule has 0 fully saturated rings. The fourth-order valence-electron chi connectivity index (χ4n) is 2.32. The molecule has 0 aliphatic heterocycles. The summed E-state index contributed by atoms with van der Waals surface area (Å²) < 4.78 is 0. The molecule has 0 aromatic heterocycles. The van der Waals surface area contributed by atoms with Crippen LogP contribution in [0.2, 0.25) is 0 Å². The van der Waals surface area contributed by atoms with Gasteiger partial charge in [-0.3, -0.25) is 4.79 Å². The standard InChI is InChI=1S/C13H16O/c1-9-6-7-13-11(8-9)4-3-5-12(13)10(2)14/h3-5,9H,6-8H2,1-2H3. The van der Waals surface area contributed by atoms with Crippen molar-refractivity contribution >= 4 is 5.78 Å². The van der Waals surface area contributed by atoms with Gasteiger partial charge in [-0.25, -0.2) is 0 Å². The van der Waals surface area contributed by atoms with E-state index in [2.05, 4.69) is 13.0 Å². The number of fused-ring (bicyclic) bond motifs is 1. The van der Waals surface area contributed by atoms with Crippen molar-refractivity contribution in [2.75, 3.05) is 0 Å². The minimum atomic E-state index is 0.205. The largest absolute Gasteiger partial charge is 0.295 e. The van der Waals surface area contributed by atoms with Crippen LogP contribution >= 0.6 is 0 Å². The van der Waals surface area contributed by atoms with Crippen molar-refractivity contribution in [3.8, 4) is 0 Å². The van der Waals surface area contributed by atoms with Gasteiger partial charge in [-0.05, 0) is 43.2 Å². The fourth-order valence-corrected chi connectivity index (χ4v) is 2.32. The summed E-state index contributed by atoms with van der Waals surface area (Å²) >= 11 is 0. The average molecular weight is 188 g/mol. The Morgan fingerprint density at radius 2 is 2.21 bits per heavy atom. The first-order valence-corrected chi connectivity index (χ1v) is 5.30. The van der Waals surface area contributed by atoms with Crippen LogP contribution in [0.5, 0.6) is 0 Å². The van der Waals surface area contributed by atoms with Crippen LogP contribution in [0.1, 0.15) is 41.8 Å². The van der Waals surface area contributed by atoms with Gasteiger partial charge in [-0.15, -0.1) is 0 Å². The maximum atomic E-state index is 11.4. The molecule has 74 valence electrons. The molecule has 1 aromatic rings.